The Hall–Kier alpha value is -2.70. The minimum Gasteiger partial charge on any atom is -0.438 e. The molecule has 170 valence electrons. The number of aryl methyl sites for hydroxylation is 1. The number of aliphatic hydroxyl groups is 1. The van der Waals surface area contributed by atoms with E-state index in [1.807, 2.05) is 37.3 Å². The molecule has 0 radical (unpaired) electrons. The van der Waals surface area contributed by atoms with Crippen molar-refractivity contribution in [2.75, 3.05) is 13.1 Å². The van der Waals surface area contributed by atoms with E-state index in [2.05, 4.69) is 11.8 Å². The number of benzene rings is 2. The van der Waals surface area contributed by atoms with E-state index in [1.54, 1.807) is 16.8 Å². The first-order chi connectivity index (χ1) is 15.5. The second kappa shape index (κ2) is 10.3. The van der Waals surface area contributed by atoms with Crippen molar-refractivity contribution in [3.63, 3.8) is 0 Å². The SMILES string of the molecule is CCCC(O)CN(Cc1c(C)nn(-c2ccccc2)c1Oc1cccc(F)c1)CC1CC1. The summed E-state index contributed by atoms with van der Waals surface area (Å²) < 4.78 is 21.9. The number of nitrogens with zero attached hydrogens (tertiary/aromatic N) is 3. The lowest BCUT2D eigenvalue weighted by Gasteiger charge is -2.25. The van der Waals surface area contributed by atoms with Crippen LogP contribution >= 0.6 is 0 Å². The van der Waals surface area contributed by atoms with Gasteiger partial charge in [0, 0.05) is 25.7 Å². The fourth-order valence-electron chi connectivity index (χ4n) is 4.03. The molecule has 1 fully saturated rings. The number of aliphatic hydroxyl groups excluding tert-OH is 1. The second-order valence-electron chi connectivity index (χ2n) is 8.76. The zero-order valence-electron chi connectivity index (χ0n) is 18.9. The van der Waals surface area contributed by atoms with Crippen molar-refractivity contribution >= 4 is 0 Å². The summed E-state index contributed by atoms with van der Waals surface area (Å²) in [6, 6.07) is 16.0. The predicted molar refractivity (Wildman–Crippen MR) is 124 cm³/mol. The van der Waals surface area contributed by atoms with E-state index >= 15 is 0 Å². The molecule has 1 saturated carbocycles. The molecule has 1 aliphatic rings. The zero-order valence-corrected chi connectivity index (χ0v) is 18.9. The number of rotatable bonds is 11. The molecule has 0 spiro atoms. The maximum Gasteiger partial charge on any atom is 0.227 e. The maximum atomic E-state index is 13.8. The van der Waals surface area contributed by atoms with E-state index in [0.717, 1.165) is 36.3 Å². The first kappa shape index (κ1) is 22.5. The van der Waals surface area contributed by atoms with Crippen LogP contribution in [0.4, 0.5) is 4.39 Å². The van der Waals surface area contributed by atoms with Gasteiger partial charge < -0.3 is 9.84 Å². The van der Waals surface area contributed by atoms with Gasteiger partial charge in [-0.05, 0) is 56.4 Å². The number of hydrogen-bond donors (Lipinski definition) is 1. The van der Waals surface area contributed by atoms with Crippen LogP contribution < -0.4 is 4.74 Å². The van der Waals surface area contributed by atoms with Gasteiger partial charge in [0.2, 0.25) is 5.88 Å². The fraction of sp³-hybridized carbons (Fsp3) is 0.423. The molecule has 0 bridgehead atoms. The molecule has 0 saturated heterocycles. The summed E-state index contributed by atoms with van der Waals surface area (Å²) >= 11 is 0. The standard InChI is InChI=1S/C26H32FN3O2/c1-3-8-23(31)17-29(16-20-13-14-20)18-25-19(2)28-30(22-10-5-4-6-11-22)26(25)32-24-12-7-9-21(27)15-24/h4-7,9-12,15,20,23,31H,3,8,13-14,16-18H2,1-2H3. The van der Waals surface area contributed by atoms with Crippen LogP contribution in [-0.4, -0.2) is 39.0 Å². The molecule has 1 N–H and O–H groups in total. The van der Waals surface area contributed by atoms with E-state index in [0.29, 0.717) is 30.6 Å². The van der Waals surface area contributed by atoms with Gasteiger partial charge in [0.1, 0.15) is 11.6 Å². The van der Waals surface area contributed by atoms with E-state index < -0.39 is 0 Å². The second-order valence-corrected chi connectivity index (χ2v) is 8.76. The Morgan fingerprint density at radius 1 is 1.19 bits per heavy atom. The summed E-state index contributed by atoms with van der Waals surface area (Å²) in [6.45, 7) is 6.27. The molecule has 1 atom stereocenters. The lowest BCUT2D eigenvalue weighted by molar-refractivity contribution is 0.0977. The number of hydrogen-bond acceptors (Lipinski definition) is 4. The summed E-state index contributed by atoms with van der Waals surface area (Å²) in [4.78, 5) is 2.32. The summed E-state index contributed by atoms with van der Waals surface area (Å²) in [6.07, 6.45) is 3.88. The number of ether oxygens (including phenoxy) is 1. The minimum absolute atomic E-state index is 0.343. The number of halogens is 1. The summed E-state index contributed by atoms with van der Waals surface area (Å²) in [5.74, 6) is 1.37. The lowest BCUT2D eigenvalue weighted by atomic mass is 10.1. The smallest absolute Gasteiger partial charge is 0.227 e. The third-order valence-corrected chi connectivity index (χ3v) is 5.83. The Labute approximate surface area is 189 Å². The minimum atomic E-state index is -0.351. The molecule has 1 aliphatic carbocycles. The Balaban J connectivity index is 1.68. The van der Waals surface area contributed by atoms with Gasteiger partial charge in [0.15, 0.2) is 0 Å². The monoisotopic (exact) mass is 437 g/mol. The fourth-order valence-corrected chi connectivity index (χ4v) is 4.03. The molecule has 2 aromatic carbocycles. The molecular formula is C26H32FN3O2. The Bertz CT molecular complexity index is 1020. The van der Waals surface area contributed by atoms with E-state index in [9.17, 15) is 9.50 Å². The van der Waals surface area contributed by atoms with Crippen molar-refractivity contribution in [2.24, 2.45) is 5.92 Å². The van der Waals surface area contributed by atoms with Crippen LogP contribution in [0.3, 0.4) is 0 Å². The van der Waals surface area contributed by atoms with E-state index in [1.165, 1.54) is 25.0 Å². The van der Waals surface area contributed by atoms with Crippen molar-refractivity contribution in [1.82, 2.24) is 14.7 Å². The molecule has 5 nitrogen and oxygen atoms in total. The first-order valence-electron chi connectivity index (χ1n) is 11.5. The topological polar surface area (TPSA) is 50.5 Å². The Morgan fingerprint density at radius 3 is 2.66 bits per heavy atom. The molecule has 0 aliphatic heterocycles. The van der Waals surface area contributed by atoms with Crippen molar-refractivity contribution < 1.29 is 14.2 Å². The van der Waals surface area contributed by atoms with Gasteiger partial charge in [-0.3, -0.25) is 4.90 Å². The average Bonchev–Trinajstić information content (AvgIpc) is 3.54. The zero-order chi connectivity index (χ0) is 22.5. The van der Waals surface area contributed by atoms with Crippen LogP contribution in [0.2, 0.25) is 0 Å². The van der Waals surface area contributed by atoms with Gasteiger partial charge in [-0.15, -0.1) is 0 Å². The predicted octanol–water partition coefficient (Wildman–Crippen LogP) is 5.49. The van der Waals surface area contributed by atoms with E-state index in [-0.39, 0.29) is 11.9 Å². The lowest BCUT2D eigenvalue weighted by Crippen LogP contribution is -2.33. The van der Waals surface area contributed by atoms with Crippen LogP contribution in [0.5, 0.6) is 11.6 Å². The molecule has 1 unspecified atom stereocenters. The highest BCUT2D eigenvalue weighted by atomic mass is 19.1. The van der Waals surface area contributed by atoms with Crippen molar-refractivity contribution in [3.05, 3.63) is 71.7 Å². The first-order valence-corrected chi connectivity index (χ1v) is 11.5. The maximum absolute atomic E-state index is 13.8. The molecule has 1 heterocycles. The largest absolute Gasteiger partial charge is 0.438 e. The normalized spacial score (nSPS) is 14.7. The quantitative estimate of drug-likeness (QED) is 0.431. The van der Waals surface area contributed by atoms with Crippen LogP contribution in [0, 0.1) is 18.7 Å². The molecule has 4 rings (SSSR count). The summed E-state index contributed by atoms with van der Waals surface area (Å²) in [7, 11) is 0. The molecule has 0 amide bonds. The van der Waals surface area contributed by atoms with Gasteiger partial charge >= 0.3 is 0 Å². The summed E-state index contributed by atoms with van der Waals surface area (Å²) in [5.41, 5.74) is 2.71. The third-order valence-electron chi connectivity index (χ3n) is 5.83. The Morgan fingerprint density at radius 2 is 1.97 bits per heavy atom. The van der Waals surface area contributed by atoms with Crippen molar-refractivity contribution in [1.29, 1.82) is 0 Å². The average molecular weight is 438 g/mol. The highest BCUT2D eigenvalue weighted by Crippen LogP contribution is 2.34. The van der Waals surface area contributed by atoms with Gasteiger partial charge in [-0.1, -0.05) is 37.6 Å². The van der Waals surface area contributed by atoms with Crippen molar-refractivity contribution in [2.45, 2.75) is 52.2 Å². The van der Waals surface area contributed by atoms with Gasteiger partial charge in [0.25, 0.3) is 0 Å². The Kier molecular flexibility index (Phi) is 7.22. The molecule has 3 aromatic rings. The number of aromatic nitrogens is 2. The molecule has 1 aromatic heterocycles. The van der Waals surface area contributed by atoms with E-state index in [4.69, 9.17) is 9.84 Å². The van der Waals surface area contributed by atoms with Crippen LogP contribution in [0.25, 0.3) is 5.69 Å². The molecule has 6 heteroatoms. The van der Waals surface area contributed by atoms with Crippen LogP contribution in [-0.2, 0) is 6.54 Å². The van der Waals surface area contributed by atoms with Gasteiger partial charge in [-0.2, -0.15) is 5.10 Å². The highest BCUT2D eigenvalue weighted by molar-refractivity contribution is 5.43. The highest BCUT2D eigenvalue weighted by Gasteiger charge is 2.28. The molecule has 32 heavy (non-hydrogen) atoms. The van der Waals surface area contributed by atoms with Crippen LogP contribution in [0.1, 0.15) is 43.9 Å². The van der Waals surface area contributed by atoms with Crippen molar-refractivity contribution in [3.8, 4) is 17.3 Å². The number of para-hydroxylation sites is 1. The summed E-state index contributed by atoms with van der Waals surface area (Å²) in [5, 5.41) is 15.3. The third kappa shape index (κ3) is 5.75. The van der Waals surface area contributed by atoms with Gasteiger partial charge in [-0.25, -0.2) is 9.07 Å². The van der Waals surface area contributed by atoms with Crippen LogP contribution in [0.15, 0.2) is 54.6 Å². The molecular weight excluding hydrogens is 405 g/mol. The van der Waals surface area contributed by atoms with Gasteiger partial charge in [0.05, 0.1) is 23.0 Å².